The molecule has 1 aromatic heterocycles. The minimum Gasteiger partial charge on any atom is -0.481 e. The molecule has 1 unspecified atom stereocenters. The summed E-state index contributed by atoms with van der Waals surface area (Å²) in [5.41, 5.74) is 4.83. The number of fused-ring (bicyclic) bond motifs is 4. The largest absolute Gasteiger partial charge is 0.481 e. The maximum absolute atomic E-state index is 12.9. The van der Waals surface area contributed by atoms with Crippen molar-refractivity contribution in [3.63, 3.8) is 0 Å². The van der Waals surface area contributed by atoms with Crippen LogP contribution >= 0.6 is 11.3 Å². The highest BCUT2D eigenvalue weighted by atomic mass is 32.1. The zero-order valence-electron chi connectivity index (χ0n) is 18.7. The van der Waals surface area contributed by atoms with Crippen molar-refractivity contribution in [2.75, 3.05) is 25.0 Å². The van der Waals surface area contributed by atoms with Gasteiger partial charge in [0.05, 0.1) is 5.92 Å². The van der Waals surface area contributed by atoms with Crippen LogP contribution in [0.3, 0.4) is 0 Å². The van der Waals surface area contributed by atoms with Crippen LogP contribution in [0.25, 0.3) is 11.1 Å². The Balaban J connectivity index is 1.07. The van der Waals surface area contributed by atoms with E-state index < -0.39 is 12.1 Å². The third-order valence-corrected chi connectivity index (χ3v) is 8.10. The Bertz CT molecular complexity index is 1290. The normalized spacial score (nSPS) is 22.1. The van der Waals surface area contributed by atoms with E-state index in [0.29, 0.717) is 19.5 Å². The van der Waals surface area contributed by atoms with Gasteiger partial charge < -0.3 is 14.7 Å². The fraction of sp³-hybridized carbons (Fsp3) is 0.308. The minimum absolute atomic E-state index is 0.0299. The number of benzene rings is 2. The topological polar surface area (TPSA) is 109 Å². The molecular weight excluding hydrogens is 466 g/mol. The SMILES string of the molecule is O=C(Nc1nc(C(=O)N2CC[C@H]3C(C(=O)O)[C@H]3C2)cs1)OCC1c2ccccc2-c2ccccc21. The van der Waals surface area contributed by atoms with E-state index in [2.05, 4.69) is 34.6 Å². The molecule has 3 aromatic rings. The maximum Gasteiger partial charge on any atom is 0.413 e. The second kappa shape index (κ2) is 8.49. The van der Waals surface area contributed by atoms with Crippen LogP contribution < -0.4 is 5.32 Å². The summed E-state index contributed by atoms with van der Waals surface area (Å²) in [6.07, 6.45) is 0.0749. The summed E-state index contributed by atoms with van der Waals surface area (Å²) in [6, 6.07) is 16.3. The molecular formula is C26H23N3O5S. The number of aliphatic carboxylic acids is 1. The summed E-state index contributed by atoms with van der Waals surface area (Å²) in [5.74, 6) is -1.19. The smallest absolute Gasteiger partial charge is 0.413 e. The fourth-order valence-electron chi connectivity index (χ4n) is 5.60. The van der Waals surface area contributed by atoms with E-state index in [9.17, 15) is 19.5 Å². The number of anilines is 1. The number of thiazole rings is 1. The number of rotatable bonds is 5. The lowest BCUT2D eigenvalue weighted by Crippen LogP contribution is -2.37. The quantitative estimate of drug-likeness (QED) is 0.553. The number of carbonyl (C=O) groups excluding carboxylic acids is 2. The molecule has 0 bridgehead atoms. The number of piperidine rings is 1. The molecule has 2 N–H and O–H groups in total. The highest BCUT2D eigenvalue weighted by Gasteiger charge is 2.57. The summed E-state index contributed by atoms with van der Waals surface area (Å²) in [6.45, 7) is 1.15. The highest BCUT2D eigenvalue weighted by molar-refractivity contribution is 7.14. The average Bonchev–Trinajstić information content (AvgIpc) is 3.26. The molecule has 8 nitrogen and oxygen atoms in total. The Morgan fingerprint density at radius 1 is 1.06 bits per heavy atom. The zero-order valence-corrected chi connectivity index (χ0v) is 19.5. The number of aromatic nitrogens is 1. The molecule has 2 aliphatic carbocycles. The van der Waals surface area contributed by atoms with Crippen LogP contribution in [0.2, 0.25) is 0 Å². The lowest BCUT2D eigenvalue weighted by molar-refractivity contribution is -0.139. The van der Waals surface area contributed by atoms with Gasteiger partial charge in [-0.1, -0.05) is 48.5 Å². The molecule has 2 heterocycles. The van der Waals surface area contributed by atoms with E-state index in [1.54, 1.807) is 10.3 Å². The Morgan fingerprint density at radius 3 is 2.43 bits per heavy atom. The first-order valence-electron chi connectivity index (χ1n) is 11.6. The number of nitrogens with zero attached hydrogens (tertiary/aromatic N) is 2. The second-order valence-corrected chi connectivity index (χ2v) is 10.1. The molecule has 3 aliphatic rings. The first kappa shape index (κ1) is 21.8. The predicted octanol–water partition coefficient (Wildman–Crippen LogP) is 4.30. The van der Waals surface area contributed by atoms with Gasteiger partial charge in [-0.2, -0.15) is 0 Å². The number of hydrogen-bond acceptors (Lipinski definition) is 6. The van der Waals surface area contributed by atoms with E-state index in [0.717, 1.165) is 33.6 Å². The van der Waals surface area contributed by atoms with Crippen molar-refractivity contribution in [1.29, 1.82) is 0 Å². The molecule has 0 spiro atoms. The summed E-state index contributed by atoms with van der Waals surface area (Å²) in [7, 11) is 0. The number of ether oxygens (including phenoxy) is 1. The Morgan fingerprint density at radius 2 is 1.74 bits per heavy atom. The van der Waals surface area contributed by atoms with Crippen LogP contribution in [0.5, 0.6) is 0 Å². The van der Waals surface area contributed by atoms with Gasteiger partial charge in [-0.3, -0.25) is 14.9 Å². The van der Waals surface area contributed by atoms with Crippen molar-refractivity contribution >= 4 is 34.4 Å². The number of carbonyl (C=O) groups is 3. The molecule has 2 aromatic carbocycles. The van der Waals surface area contributed by atoms with Crippen LogP contribution in [0, 0.1) is 17.8 Å². The lowest BCUT2D eigenvalue weighted by atomic mass is 9.98. The molecule has 3 atom stereocenters. The fourth-order valence-corrected chi connectivity index (χ4v) is 6.27. The number of amides is 2. The molecule has 178 valence electrons. The molecule has 35 heavy (non-hydrogen) atoms. The number of nitrogens with one attached hydrogen (secondary N) is 1. The summed E-state index contributed by atoms with van der Waals surface area (Å²) in [4.78, 5) is 42.6. The first-order valence-corrected chi connectivity index (χ1v) is 12.5. The van der Waals surface area contributed by atoms with Gasteiger partial charge in [0.15, 0.2) is 5.13 Å². The van der Waals surface area contributed by atoms with E-state index in [1.165, 1.54) is 0 Å². The first-order chi connectivity index (χ1) is 17.0. The van der Waals surface area contributed by atoms with Crippen molar-refractivity contribution < 1.29 is 24.2 Å². The van der Waals surface area contributed by atoms with E-state index >= 15 is 0 Å². The summed E-state index contributed by atoms with van der Waals surface area (Å²) in [5, 5.41) is 13.8. The van der Waals surface area contributed by atoms with Crippen molar-refractivity contribution in [3.05, 3.63) is 70.7 Å². The second-order valence-electron chi connectivity index (χ2n) is 9.22. The van der Waals surface area contributed by atoms with E-state index in [-0.39, 0.29) is 47.0 Å². The van der Waals surface area contributed by atoms with Crippen molar-refractivity contribution in [2.24, 2.45) is 17.8 Å². The molecule has 2 fully saturated rings. The van der Waals surface area contributed by atoms with E-state index in [1.807, 2.05) is 24.3 Å². The van der Waals surface area contributed by atoms with Crippen LogP contribution in [-0.4, -0.2) is 52.7 Å². The Hall–Kier alpha value is -3.72. The van der Waals surface area contributed by atoms with Gasteiger partial charge in [0.2, 0.25) is 0 Å². The van der Waals surface area contributed by atoms with E-state index in [4.69, 9.17) is 4.74 Å². The van der Waals surface area contributed by atoms with Gasteiger partial charge >= 0.3 is 12.1 Å². The standard InChI is InChI=1S/C26H23N3O5S/c30-23(29-10-9-18-19(11-29)22(18)24(31)32)21-13-35-25(27-21)28-26(33)34-12-20-16-7-3-1-5-14(16)15-6-2-4-8-17(15)20/h1-8,13,18-20,22H,9-12H2,(H,31,32)(H,27,28,33)/t18-,19+,22?/m1/s1. The van der Waals surface area contributed by atoms with Crippen molar-refractivity contribution in [1.82, 2.24) is 9.88 Å². The molecule has 1 saturated heterocycles. The summed E-state index contributed by atoms with van der Waals surface area (Å²) >= 11 is 1.16. The van der Waals surface area contributed by atoms with Gasteiger partial charge in [0.1, 0.15) is 12.3 Å². The van der Waals surface area contributed by atoms with Gasteiger partial charge in [-0.05, 0) is 40.5 Å². The van der Waals surface area contributed by atoms with Crippen molar-refractivity contribution in [3.8, 4) is 11.1 Å². The summed E-state index contributed by atoms with van der Waals surface area (Å²) < 4.78 is 5.55. The predicted molar refractivity (Wildman–Crippen MR) is 129 cm³/mol. The molecule has 6 rings (SSSR count). The number of carboxylic acid groups (broad SMARTS) is 1. The Kier molecular flexibility index (Phi) is 5.29. The highest BCUT2D eigenvalue weighted by Crippen LogP contribution is 2.51. The third-order valence-electron chi connectivity index (χ3n) is 7.34. The number of likely N-dealkylation sites (tertiary alicyclic amines) is 1. The third kappa shape index (κ3) is 3.85. The zero-order chi connectivity index (χ0) is 24.1. The lowest BCUT2D eigenvalue weighted by Gasteiger charge is -2.25. The van der Waals surface area contributed by atoms with Crippen LogP contribution in [0.1, 0.15) is 34.0 Å². The van der Waals surface area contributed by atoms with Gasteiger partial charge in [-0.25, -0.2) is 9.78 Å². The number of carboxylic acids is 1. The minimum atomic E-state index is -0.780. The van der Waals surface area contributed by atoms with Gasteiger partial charge in [-0.15, -0.1) is 11.3 Å². The van der Waals surface area contributed by atoms with Crippen LogP contribution in [-0.2, 0) is 9.53 Å². The number of hydrogen-bond donors (Lipinski definition) is 2. The molecule has 2 amide bonds. The Labute approximate surface area is 205 Å². The van der Waals surface area contributed by atoms with Crippen LogP contribution in [0.15, 0.2) is 53.9 Å². The molecule has 1 aliphatic heterocycles. The van der Waals surface area contributed by atoms with Gasteiger partial charge in [0.25, 0.3) is 5.91 Å². The molecule has 1 saturated carbocycles. The monoisotopic (exact) mass is 489 g/mol. The van der Waals surface area contributed by atoms with Gasteiger partial charge in [0, 0.05) is 24.4 Å². The average molecular weight is 490 g/mol. The molecule has 9 heteroatoms. The maximum atomic E-state index is 12.9. The van der Waals surface area contributed by atoms with Crippen LogP contribution in [0.4, 0.5) is 9.93 Å². The van der Waals surface area contributed by atoms with Crippen molar-refractivity contribution in [2.45, 2.75) is 12.3 Å². The molecule has 0 radical (unpaired) electrons.